The van der Waals surface area contributed by atoms with Crippen LogP contribution in [0.15, 0.2) is 24.3 Å². The van der Waals surface area contributed by atoms with Gasteiger partial charge in [0.25, 0.3) is 0 Å². The fourth-order valence-corrected chi connectivity index (χ4v) is 2.85. The minimum atomic E-state index is -1.08. The van der Waals surface area contributed by atoms with Crippen LogP contribution in [0.2, 0.25) is 0 Å². The van der Waals surface area contributed by atoms with E-state index in [2.05, 4.69) is 0 Å². The van der Waals surface area contributed by atoms with Crippen molar-refractivity contribution < 1.29 is 14.3 Å². The van der Waals surface area contributed by atoms with Crippen molar-refractivity contribution in [2.24, 2.45) is 10.8 Å². The first kappa shape index (κ1) is 15.5. The van der Waals surface area contributed by atoms with Crippen LogP contribution in [0.25, 0.3) is 0 Å². The van der Waals surface area contributed by atoms with Gasteiger partial charge in [0.05, 0.1) is 5.41 Å². The van der Waals surface area contributed by atoms with Gasteiger partial charge < -0.3 is 9.64 Å². The fourth-order valence-electron chi connectivity index (χ4n) is 2.85. The van der Waals surface area contributed by atoms with Gasteiger partial charge in [0.1, 0.15) is 11.5 Å². The molecule has 1 saturated heterocycles. The molecular weight excluding hydrogens is 266 g/mol. The maximum atomic E-state index is 12.6. The lowest BCUT2D eigenvalue weighted by molar-refractivity contribution is -0.186. The Morgan fingerprint density at radius 3 is 2.00 bits per heavy atom. The van der Waals surface area contributed by atoms with Crippen molar-refractivity contribution in [2.75, 3.05) is 19.0 Å². The summed E-state index contributed by atoms with van der Waals surface area (Å²) in [5.41, 5.74) is 0.0915. The predicted molar refractivity (Wildman–Crippen MR) is 82.2 cm³/mol. The van der Waals surface area contributed by atoms with Gasteiger partial charge in [0.2, 0.25) is 0 Å². The van der Waals surface area contributed by atoms with Gasteiger partial charge in [-0.15, -0.1) is 0 Å². The molecular formula is C17H23NO3. The molecule has 1 atom stereocenters. The molecule has 1 fully saturated rings. The number of hydrogen-bond acceptors (Lipinski definition) is 4. The van der Waals surface area contributed by atoms with Crippen molar-refractivity contribution in [1.82, 2.24) is 0 Å². The minimum absolute atomic E-state index is 0.0760. The second-order valence-electron chi connectivity index (χ2n) is 6.95. The lowest BCUT2D eigenvalue weighted by Crippen LogP contribution is -2.52. The summed E-state index contributed by atoms with van der Waals surface area (Å²) in [6, 6.07) is 7.76. The number of nitrogens with zero attached hydrogens (tertiary/aromatic N) is 1. The molecule has 0 spiro atoms. The molecule has 1 aromatic carbocycles. The van der Waals surface area contributed by atoms with Crippen molar-refractivity contribution >= 4 is 17.4 Å². The van der Waals surface area contributed by atoms with E-state index < -0.39 is 22.9 Å². The van der Waals surface area contributed by atoms with Crippen LogP contribution in [0.4, 0.5) is 5.69 Å². The van der Waals surface area contributed by atoms with E-state index >= 15 is 0 Å². The zero-order valence-corrected chi connectivity index (χ0v) is 13.6. The summed E-state index contributed by atoms with van der Waals surface area (Å²) >= 11 is 0. The molecule has 4 heteroatoms. The Morgan fingerprint density at radius 1 is 1.00 bits per heavy atom. The number of cyclic esters (lactones) is 1. The van der Waals surface area contributed by atoms with Gasteiger partial charge in [-0.3, -0.25) is 9.59 Å². The van der Waals surface area contributed by atoms with Crippen LogP contribution in [0.1, 0.15) is 39.4 Å². The molecule has 0 aromatic heterocycles. The SMILES string of the molecule is CN(C)c1ccc([C@H]2OC(=O)C(C)(C)C(=O)C2(C)C)cc1. The van der Waals surface area contributed by atoms with Crippen LogP contribution in [-0.2, 0) is 14.3 Å². The van der Waals surface area contributed by atoms with Crippen LogP contribution in [-0.4, -0.2) is 25.8 Å². The molecule has 4 nitrogen and oxygen atoms in total. The molecule has 1 heterocycles. The quantitative estimate of drug-likeness (QED) is 0.620. The summed E-state index contributed by atoms with van der Waals surface area (Å²) in [7, 11) is 3.93. The van der Waals surface area contributed by atoms with Gasteiger partial charge >= 0.3 is 5.97 Å². The lowest BCUT2D eigenvalue weighted by Gasteiger charge is -2.43. The number of esters is 1. The fraction of sp³-hybridized carbons (Fsp3) is 0.529. The maximum Gasteiger partial charge on any atom is 0.319 e. The topological polar surface area (TPSA) is 46.6 Å². The first-order valence-electron chi connectivity index (χ1n) is 7.11. The highest BCUT2D eigenvalue weighted by molar-refractivity contribution is 6.07. The van der Waals surface area contributed by atoms with Gasteiger partial charge in [0.15, 0.2) is 5.78 Å². The molecule has 2 rings (SSSR count). The summed E-state index contributed by atoms with van der Waals surface area (Å²) in [6.07, 6.45) is -0.540. The van der Waals surface area contributed by atoms with E-state index in [0.717, 1.165) is 11.3 Å². The molecule has 0 saturated carbocycles. The summed E-state index contributed by atoms with van der Waals surface area (Å²) in [4.78, 5) is 26.7. The Labute approximate surface area is 126 Å². The molecule has 0 N–H and O–H groups in total. The van der Waals surface area contributed by atoms with Gasteiger partial charge in [-0.1, -0.05) is 12.1 Å². The number of benzene rings is 1. The molecule has 0 aliphatic carbocycles. The normalized spacial score (nSPS) is 23.6. The van der Waals surface area contributed by atoms with E-state index in [1.165, 1.54) is 0 Å². The summed E-state index contributed by atoms with van der Waals surface area (Å²) in [5, 5.41) is 0. The predicted octanol–water partition coefficient (Wildman–Crippen LogP) is 2.97. The highest BCUT2D eigenvalue weighted by Crippen LogP contribution is 2.47. The second-order valence-corrected chi connectivity index (χ2v) is 6.95. The van der Waals surface area contributed by atoms with Crippen LogP contribution in [0.5, 0.6) is 0 Å². The highest BCUT2D eigenvalue weighted by atomic mass is 16.5. The average Bonchev–Trinajstić information content (AvgIpc) is 2.42. The van der Waals surface area contributed by atoms with Crippen molar-refractivity contribution in [3.63, 3.8) is 0 Å². The number of carbonyl (C=O) groups excluding carboxylic acids is 2. The zero-order valence-electron chi connectivity index (χ0n) is 13.6. The molecule has 1 aliphatic heterocycles. The van der Waals surface area contributed by atoms with E-state index in [4.69, 9.17) is 4.74 Å². The Morgan fingerprint density at radius 2 is 1.52 bits per heavy atom. The number of hydrogen-bond donors (Lipinski definition) is 0. The molecule has 0 radical (unpaired) electrons. The molecule has 0 unspecified atom stereocenters. The lowest BCUT2D eigenvalue weighted by atomic mass is 9.67. The molecule has 0 amide bonds. The number of rotatable bonds is 2. The first-order chi connectivity index (χ1) is 9.58. The van der Waals surface area contributed by atoms with E-state index in [1.54, 1.807) is 13.8 Å². The average molecular weight is 289 g/mol. The van der Waals surface area contributed by atoms with E-state index in [-0.39, 0.29) is 5.78 Å². The molecule has 1 aromatic rings. The molecule has 1 aliphatic rings. The summed E-state index contributed by atoms with van der Waals surface area (Å²) in [6.45, 7) is 6.94. The highest BCUT2D eigenvalue weighted by Gasteiger charge is 2.55. The van der Waals surface area contributed by atoms with Crippen LogP contribution in [0.3, 0.4) is 0 Å². The maximum absolute atomic E-state index is 12.6. The number of ether oxygens (including phenoxy) is 1. The Hall–Kier alpha value is -1.84. The Kier molecular flexibility index (Phi) is 3.60. The minimum Gasteiger partial charge on any atom is -0.456 e. The standard InChI is InChI=1S/C17H23NO3/c1-16(2)13(21-15(20)17(3,4)14(16)19)11-7-9-12(10-8-11)18(5)6/h7-10,13H,1-6H3/t13-/m1/s1. The second kappa shape index (κ2) is 4.86. The van der Waals surface area contributed by atoms with Crippen molar-refractivity contribution in [3.8, 4) is 0 Å². The van der Waals surface area contributed by atoms with Gasteiger partial charge in [0, 0.05) is 19.8 Å². The largest absolute Gasteiger partial charge is 0.456 e. The smallest absolute Gasteiger partial charge is 0.319 e. The molecule has 21 heavy (non-hydrogen) atoms. The third-order valence-corrected chi connectivity index (χ3v) is 4.26. The van der Waals surface area contributed by atoms with E-state index in [9.17, 15) is 9.59 Å². The van der Waals surface area contributed by atoms with Gasteiger partial charge in [-0.2, -0.15) is 0 Å². The van der Waals surface area contributed by atoms with Crippen molar-refractivity contribution in [1.29, 1.82) is 0 Å². The van der Waals surface area contributed by atoms with E-state index in [0.29, 0.717) is 0 Å². The number of Topliss-reactive ketones (excluding diaryl/α,β-unsaturated/α-hetero) is 1. The van der Waals surface area contributed by atoms with Gasteiger partial charge in [-0.05, 0) is 45.4 Å². The number of carbonyl (C=O) groups is 2. The Balaban J connectivity index is 2.39. The number of anilines is 1. The third-order valence-electron chi connectivity index (χ3n) is 4.26. The Bertz CT molecular complexity index is 570. The van der Waals surface area contributed by atoms with Crippen LogP contribution in [0, 0.1) is 10.8 Å². The van der Waals surface area contributed by atoms with Crippen LogP contribution >= 0.6 is 0 Å². The first-order valence-corrected chi connectivity index (χ1v) is 7.11. The van der Waals surface area contributed by atoms with E-state index in [1.807, 2.05) is 57.1 Å². The zero-order chi connectivity index (χ0) is 16.0. The summed E-state index contributed by atoms with van der Waals surface area (Å²) < 4.78 is 5.60. The monoisotopic (exact) mass is 289 g/mol. The molecule has 0 bridgehead atoms. The van der Waals surface area contributed by atoms with Crippen molar-refractivity contribution in [2.45, 2.75) is 33.8 Å². The van der Waals surface area contributed by atoms with Crippen LogP contribution < -0.4 is 4.90 Å². The van der Waals surface area contributed by atoms with Crippen molar-refractivity contribution in [3.05, 3.63) is 29.8 Å². The summed E-state index contributed by atoms with van der Waals surface area (Å²) in [5.74, 6) is -0.526. The number of ketones is 1. The molecule has 114 valence electrons. The third kappa shape index (κ3) is 2.43. The van der Waals surface area contributed by atoms with Gasteiger partial charge in [-0.25, -0.2) is 0 Å².